The summed E-state index contributed by atoms with van der Waals surface area (Å²) in [5.41, 5.74) is 6.76. The molecule has 0 amide bonds. The van der Waals surface area contributed by atoms with Crippen molar-refractivity contribution in [2.24, 2.45) is 0 Å². The zero-order valence-electron chi connectivity index (χ0n) is 7.49. The van der Waals surface area contributed by atoms with E-state index in [2.05, 4.69) is 5.32 Å². The Morgan fingerprint density at radius 3 is 2.77 bits per heavy atom. The van der Waals surface area contributed by atoms with Gasteiger partial charge in [-0.15, -0.1) is 0 Å². The highest BCUT2D eigenvalue weighted by Gasteiger charge is 2.05. The highest BCUT2D eigenvalue weighted by atomic mass is 16.3. The molecule has 0 radical (unpaired) electrons. The van der Waals surface area contributed by atoms with Gasteiger partial charge in [0.05, 0.1) is 0 Å². The average molecular weight is 182 g/mol. The fourth-order valence-electron chi connectivity index (χ4n) is 1.03. The Hall–Kier alpha value is -1.26. The van der Waals surface area contributed by atoms with Crippen molar-refractivity contribution in [1.82, 2.24) is 5.32 Å². The first-order chi connectivity index (χ1) is 6.11. The SMILES string of the molecule is CC(O)NCc1c(N)cccc1O. The van der Waals surface area contributed by atoms with E-state index in [1.165, 1.54) is 0 Å². The van der Waals surface area contributed by atoms with Gasteiger partial charge in [-0.25, -0.2) is 0 Å². The van der Waals surface area contributed by atoms with Crippen molar-refractivity contribution in [2.75, 3.05) is 5.73 Å². The van der Waals surface area contributed by atoms with E-state index >= 15 is 0 Å². The lowest BCUT2D eigenvalue weighted by Gasteiger charge is -2.10. The maximum Gasteiger partial charge on any atom is 0.122 e. The van der Waals surface area contributed by atoms with E-state index < -0.39 is 6.23 Å². The molecular weight excluding hydrogens is 168 g/mol. The molecule has 0 saturated heterocycles. The van der Waals surface area contributed by atoms with Gasteiger partial charge in [0.1, 0.15) is 12.0 Å². The molecule has 0 spiro atoms. The van der Waals surface area contributed by atoms with Crippen LogP contribution in [0.2, 0.25) is 0 Å². The molecule has 0 aromatic heterocycles. The van der Waals surface area contributed by atoms with Gasteiger partial charge < -0.3 is 15.9 Å². The number of anilines is 1. The molecule has 1 atom stereocenters. The third kappa shape index (κ3) is 2.61. The van der Waals surface area contributed by atoms with Gasteiger partial charge in [0.2, 0.25) is 0 Å². The normalized spacial score (nSPS) is 12.8. The summed E-state index contributed by atoms with van der Waals surface area (Å²) in [4.78, 5) is 0. The fourth-order valence-corrected chi connectivity index (χ4v) is 1.03. The van der Waals surface area contributed by atoms with Crippen LogP contribution >= 0.6 is 0 Å². The van der Waals surface area contributed by atoms with Gasteiger partial charge in [-0.1, -0.05) is 6.07 Å². The second-order valence-electron chi connectivity index (χ2n) is 2.90. The second-order valence-corrected chi connectivity index (χ2v) is 2.90. The molecule has 4 heteroatoms. The van der Waals surface area contributed by atoms with Gasteiger partial charge >= 0.3 is 0 Å². The van der Waals surface area contributed by atoms with Gasteiger partial charge in [0.15, 0.2) is 0 Å². The second kappa shape index (κ2) is 4.11. The number of hydrogen-bond donors (Lipinski definition) is 4. The fraction of sp³-hybridized carbons (Fsp3) is 0.333. The Kier molecular flexibility index (Phi) is 3.11. The van der Waals surface area contributed by atoms with Gasteiger partial charge in [-0.2, -0.15) is 0 Å². The molecule has 1 unspecified atom stereocenters. The Labute approximate surface area is 77.0 Å². The molecule has 0 saturated carbocycles. The number of phenols is 1. The maximum atomic E-state index is 9.40. The number of hydrogen-bond acceptors (Lipinski definition) is 4. The minimum absolute atomic E-state index is 0.146. The van der Waals surface area contributed by atoms with Crippen molar-refractivity contribution < 1.29 is 10.2 Å². The molecule has 72 valence electrons. The summed E-state index contributed by atoms with van der Waals surface area (Å²) in [7, 11) is 0. The van der Waals surface area contributed by atoms with E-state index in [9.17, 15) is 5.11 Å². The molecule has 1 aromatic carbocycles. The number of aliphatic hydroxyl groups is 1. The van der Waals surface area contributed by atoms with Gasteiger partial charge in [0.25, 0.3) is 0 Å². The van der Waals surface area contributed by atoms with Crippen molar-refractivity contribution in [3.8, 4) is 5.75 Å². The molecular formula is C9H14N2O2. The Bertz CT molecular complexity index is 267. The van der Waals surface area contributed by atoms with Crippen LogP contribution in [0.1, 0.15) is 12.5 Å². The summed E-state index contributed by atoms with van der Waals surface area (Å²) < 4.78 is 0. The van der Waals surface area contributed by atoms with Crippen LogP contribution in [-0.4, -0.2) is 16.4 Å². The molecule has 0 bridgehead atoms. The standard InChI is InChI=1S/C9H14N2O2/c1-6(12)11-5-7-8(10)3-2-4-9(7)13/h2-4,6,11-13H,5,10H2,1H3. The first-order valence-electron chi connectivity index (χ1n) is 4.09. The lowest BCUT2D eigenvalue weighted by atomic mass is 10.1. The smallest absolute Gasteiger partial charge is 0.122 e. The molecule has 0 aliphatic heterocycles. The predicted octanol–water partition coefficient (Wildman–Crippen LogP) is 0.402. The minimum atomic E-state index is -0.612. The maximum absolute atomic E-state index is 9.40. The predicted molar refractivity (Wildman–Crippen MR) is 51.0 cm³/mol. The van der Waals surface area contributed by atoms with E-state index in [0.29, 0.717) is 17.8 Å². The third-order valence-corrected chi connectivity index (χ3v) is 1.76. The monoisotopic (exact) mass is 182 g/mol. The largest absolute Gasteiger partial charge is 0.508 e. The van der Waals surface area contributed by atoms with E-state index in [1.807, 2.05) is 0 Å². The van der Waals surface area contributed by atoms with Gasteiger partial charge in [0, 0.05) is 17.8 Å². The summed E-state index contributed by atoms with van der Waals surface area (Å²) in [5, 5.41) is 21.1. The van der Waals surface area contributed by atoms with Crippen LogP contribution in [0.5, 0.6) is 5.75 Å². The van der Waals surface area contributed by atoms with Crippen molar-refractivity contribution in [2.45, 2.75) is 19.7 Å². The van der Waals surface area contributed by atoms with E-state index in [1.54, 1.807) is 25.1 Å². The highest BCUT2D eigenvalue weighted by Crippen LogP contribution is 2.22. The summed E-state index contributed by atoms with van der Waals surface area (Å²) in [6.45, 7) is 1.96. The Morgan fingerprint density at radius 1 is 1.54 bits per heavy atom. The van der Waals surface area contributed by atoms with Gasteiger partial charge in [-0.05, 0) is 19.1 Å². The highest BCUT2D eigenvalue weighted by molar-refractivity contribution is 5.53. The van der Waals surface area contributed by atoms with E-state index in [4.69, 9.17) is 10.8 Å². The summed E-state index contributed by atoms with van der Waals surface area (Å²) >= 11 is 0. The lowest BCUT2D eigenvalue weighted by Crippen LogP contribution is -2.25. The molecule has 1 aromatic rings. The number of nitrogens with one attached hydrogen (secondary N) is 1. The molecule has 5 N–H and O–H groups in total. The van der Waals surface area contributed by atoms with Crippen LogP contribution in [0.25, 0.3) is 0 Å². The molecule has 0 aliphatic rings. The van der Waals surface area contributed by atoms with Gasteiger partial charge in [-0.3, -0.25) is 5.32 Å². The number of aliphatic hydroxyl groups excluding tert-OH is 1. The number of nitrogens with two attached hydrogens (primary N) is 1. The van der Waals surface area contributed by atoms with Crippen molar-refractivity contribution in [3.63, 3.8) is 0 Å². The number of phenolic OH excluding ortho intramolecular Hbond substituents is 1. The van der Waals surface area contributed by atoms with Crippen LogP contribution in [0, 0.1) is 0 Å². The van der Waals surface area contributed by atoms with Crippen LogP contribution in [-0.2, 0) is 6.54 Å². The summed E-state index contributed by atoms with van der Waals surface area (Å²) in [6.07, 6.45) is -0.612. The van der Waals surface area contributed by atoms with Crippen molar-refractivity contribution >= 4 is 5.69 Å². The van der Waals surface area contributed by atoms with Crippen LogP contribution in [0.15, 0.2) is 18.2 Å². The minimum Gasteiger partial charge on any atom is -0.508 e. The molecule has 13 heavy (non-hydrogen) atoms. The summed E-state index contributed by atoms with van der Waals surface area (Å²) in [6, 6.07) is 4.95. The first kappa shape index (κ1) is 9.83. The Balaban J connectivity index is 2.75. The third-order valence-electron chi connectivity index (χ3n) is 1.76. The lowest BCUT2D eigenvalue weighted by molar-refractivity contribution is 0.154. The number of aromatic hydroxyl groups is 1. The summed E-state index contributed by atoms with van der Waals surface area (Å²) in [5.74, 6) is 0.146. The first-order valence-corrected chi connectivity index (χ1v) is 4.09. The Morgan fingerprint density at radius 2 is 2.23 bits per heavy atom. The van der Waals surface area contributed by atoms with Crippen LogP contribution in [0.4, 0.5) is 5.69 Å². The molecule has 4 nitrogen and oxygen atoms in total. The topological polar surface area (TPSA) is 78.5 Å². The number of benzene rings is 1. The van der Waals surface area contributed by atoms with Crippen molar-refractivity contribution in [1.29, 1.82) is 0 Å². The van der Waals surface area contributed by atoms with Crippen LogP contribution in [0.3, 0.4) is 0 Å². The molecule has 1 rings (SSSR count). The molecule has 0 fully saturated rings. The zero-order valence-corrected chi connectivity index (χ0v) is 7.49. The molecule has 0 aliphatic carbocycles. The van der Waals surface area contributed by atoms with E-state index in [0.717, 1.165) is 0 Å². The molecule has 0 heterocycles. The number of nitrogen functional groups attached to an aromatic ring is 1. The van der Waals surface area contributed by atoms with Crippen LogP contribution < -0.4 is 11.1 Å². The van der Waals surface area contributed by atoms with Crippen molar-refractivity contribution in [3.05, 3.63) is 23.8 Å². The zero-order chi connectivity index (χ0) is 9.84. The number of rotatable bonds is 3. The quantitative estimate of drug-likeness (QED) is 0.403. The average Bonchev–Trinajstić information content (AvgIpc) is 2.03. The van der Waals surface area contributed by atoms with E-state index in [-0.39, 0.29) is 5.75 Å².